The fourth-order valence-corrected chi connectivity index (χ4v) is 3.66. The lowest BCUT2D eigenvalue weighted by molar-refractivity contribution is -0.903. The van der Waals surface area contributed by atoms with Gasteiger partial charge in [-0.2, -0.15) is 0 Å². The smallest absolute Gasteiger partial charge is 0.239 e. The van der Waals surface area contributed by atoms with E-state index in [1.54, 1.807) is 4.90 Å². The average Bonchev–Trinajstić information content (AvgIpc) is 2.67. The molecule has 1 saturated heterocycles. The molecule has 5 heteroatoms. The molecule has 0 saturated carbocycles. The van der Waals surface area contributed by atoms with E-state index in [1.807, 2.05) is 42.5 Å². The molecule has 26 heavy (non-hydrogen) atoms. The Kier molecular flexibility index (Phi) is 6.23. The molecule has 1 heterocycles. The van der Waals surface area contributed by atoms with E-state index in [0.29, 0.717) is 0 Å². The summed E-state index contributed by atoms with van der Waals surface area (Å²) in [6.07, 6.45) is 2.31. The van der Waals surface area contributed by atoms with Crippen molar-refractivity contribution in [1.82, 2.24) is 10.6 Å². The van der Waals surface area contributed by atoms with Crippen LogP contribution in [0.2, 0.25) is 0 Å². The fourth-order valence-electron chi connectivity index (χ4n) is 3.66. The Bertz CT molecular complexity index is 761. The van der Waals surface area contributed by atoms with E-state index in [1.165, 1.54) is 0 Å². The van der Waals surface area contributed by atoms with Gasteiger partial charge < -0.3 is 15.5 Å². The maximum absolute atomic E-state index is 12.2. The van der Waals surface area contributed by atoms with Gasteiger partial charge in [0.2, 0.25) is 11.8 Å². The summed E-state index contributed by atoms with van der Waals surface area (Å²) in [5.74, 6) is -0.219. The van der Waals surface area contributed by atoms with Crippen molar-refractivity contribution in [3.8, 4) is 0 Å². The highest BCUT2D eigenvalue weighted by Gasteiger charge is 2.22. The first-order chi connectivity index (χ1) is 12.7. The van der Waals surface area contributed by atoms with Crippen LogP contribution < -0.4 is 15.5 Å². The Hall–Kier alpha value is -2.40. The van der Waals surface area contributed by atoms with Crippen molar-refractivity contribution in [3.05, 3.63) is 48.0 Å². The fraction of sp³-hybridized carbons (Fsp3) is 0.429. The first-order valence-electron chi connectivity index (χ1n) is 9.52. The number of nitrogens with one attached hydrogen (secondary N) is 3. The third-order valence-corrected chi connectivity index (χ3v) is 5.23. The summed E-state index contributed by atoms with van der Waals surface area (Å²) >= 11 is 0. The third-order valence-electron chi connectivity index (χ3n) is 5.23. The number of piperidine rings is 1. The predicted octanol–water partition coefficient (Wildman–Crippen LogP) is 0.682. The number of benzene rings is 2. The van der Waals surface area contributed by atoms with Gasteiger partial charge >= 0.3 is 0 Å². The second-order valence-corrected chi connectivity index (χ2v) is 7.04. The molecule has 0 aliphatic carbocycles. The largest absolute Gasteiger partial charge is 0.351 e. The number of amides is 2. The van der Waals surface area contributed by atoms with Crippen LogP contribution in [0.5, 0.6) is 0 Å². The lowest BCUT2D eigenvalue weighted by Gasteiger charge is -2.28. The van der Waals surface area contributed by atoms with Gasteiger partial charge in [-0.25, -0.2) is 0 Å². The van der Waals surface area contributed by atoms with Crippen molar-refractivity contribution in [3.63, 3.8) is 0 Å². The van der Waals surface area contributed by atoms with Crippen LogP contribution in [0.3, 0.4) is 0 Å². The normalized spacial score (nSPS) is 19.9. The lowest BCUT2D eigenvalue weighted by Crippen LogP contribution is -3.13. The van der Waals surface area contributed by atoms with E-state index in [9.17, 15) is 9.59 Å². The van der Waals surface area contributed by atoms with Gasteiger partial charge in [-0.15, -0.1) is 0 Å². The molecule has 1 fully saturated rings. The van der Waals surface area contributed by atoms with Crippen LogP contribution in [0, 0.1) is 0 Å². The number of carbonyl (C=O) groups is 2. The predicted molar refractivity (Wildman–Crippen MR) is 103 cm³/mol. The Morgan fingerprint density at radius 1 is 1.04 bits per heavy atom. The number of quaternary nitrogens is 1. The minimum Gasteiger partial charge on any atom is -0.351 e. The molecular weight excluding hydrogens is 326 g/mol. The van der Waals surface area contributed by atoms with Crippen LogP contribution >= 0.6 is 0 Å². The summed E-state index contributed by atoms with van der Waals surface area (Å²) in [4.78, 5) is 25.9. The molecule has 3 rings (SSSR count). The van der Waals surface area contributed by atoms with Crippen molar-refractivity contribution in [2.45, 2.75) is 32.2 Å². The summed E-state index contributed by atoms with van der Waals surface area (Å²) in [5.41, 5.74) is 0.982. The average molecular weight is 354 g/mol. The Labute approximate surface area is 154 Å². The summed E-state index contributed by atoms with van der Waals surface area (Å²) in [5, 5.41) is 8.00. The highest BCUT2D eigenvalue weighted by atomic mass is 16.2. The van der Waals surface area contributed by atoms with Gasteiger partial charge in [-0.05, 0) is 23.3 Å². The van der Waals surface area contributed by atoms with Gasteiger partial charge in [0, 0.05) is 18.9 Å². The minimum absolute atomic E-state index is 0.0461. The van der Waals surface area contributed by atoms with Gasteiger partial charge in [-0.1, -0.05) is 42.5 Å². The summed E-state index contributed by atoms with van der Waals surface area (Å²) in [7, 11) is 0. The molecule has 0 bridgehead atoms. The molecule has 1 aliphatic heterocycles. The molecule has 0 aromatic heterocycles. The number of likely N-dealkylation sites (tertiary alicyclic amines) is 1. The summed E-state index contributed by atoms with van der Waals surface area (Å²) in [6, 6.07) is 14.2. The van der Waals surface area contributed by atoms with Crippen LogP contribution in [-0.2, 0) is 16.0 Å². The van der Waals surface area contributed by atoms with Crippen LogP contribution in [0.4, 0.5) is 0 Å². The first kappa shape index (κ1) is 18.4. The number of rotatable bonds is 6. The Balaban J connectivity index is 1.46. The highest BCUT2D eigenvalue weighted by Crippen LogP contribution is 2.18. The molecule has 5 nitrogen and oxygen atoms in total. The molecule has 1 aliphatic rings. The molecule has 0 atom stereocenters. The van der Waals surface area contributed by atoms with Crippen molar-refractivity contribution < 1.29 is 14.5 Å². The Morgan fingerprint density at radius 3 is 2.54 bits per heavy atom. The van der Waals surface area contributed by atoms with Crippen molar-refractivity contribution in [2.24, 2.45) is 0 Å². The number of carbonyl (C=O) groups excluding carboxylic acids is 2. The topological polar surface area (TPSA) is 62.6 Å². The molecule has 2 amide bonds. The number of fused-ring (bicyclic) bond motifs is 1. The summed E-state index contributed by atoms with van der Waals surface area (Å²) < 4.78 is 0. The van der Waals surface area contributed by atoms with Gasteiger partial charge in [0.1, 0.15) is 0 Å². The quantitative estimate of drug-likeness (QED) is 0.714. The minimum atomic E-state index is -0.123. The monoisotopic (exact) mass is 354 g/mol. The molecule has 138 valence electrons. The van der Waals surface area contributed by atoms with Gasteiger partial charge in [0.25, 0.3) is 0 Å². The van der Waals surface area contributed by atoms with E-state index in [0.717, 1.165) is 48.8 Å². The van der Waals surface area contributed by atoms with Crippen LogP contribution in [0.25, 0.3) is 10.8 Å². The van der Waals surface area contributed by atoms with Crippen LogP contribution in [-0.4, -0.2) is 44.0 Å². The van der Waals surface area contributed by atoms with Crippen LogP contribution in [0.15, 0.2) is 42.5 Å². The van der Waals surface area contributed by atoms with E-state index in [-0.39, 0.29) is 30.8 Å². The molecule has 2 aromatic carbocycles. The summed E-state index contributed by atoms with van der Waals surface area (Å²) in [6.45, 7) is 5.60. The van der Waals surface area contributed by atoms with E-state index >= 15 is 0 Å². The molecule has 0 unspecified atom stereocenters. The molecule has 0 spiro atoms. The van der Waals surface area contributed by atoms with Crippen molar-refractivity contribution in [1.29, 1.82) is 0 Å². The van der Waals surface area contributed by atoms with Gasteiger partial charge in [-0.3, -0.25) is 9.59 Å². The van der Waals surface area contributed by atoms with Crippen LogP contribution in [0.1, 0.15) is 25.3 Å². The molecule has 0 radical (unpaired) electrons. The van der Waals surface area contributed by atoms with Gasteiger partial charge in [0.15, 0.2) is 0 Å². The molecule has 2 aromatic rings. The van der Waals surface area contributed by atoms with E-state index < -0.39 is 0 Å². The first-order valence-corrected chi connectivity index (χ1v) is 9.52. The van der Waals surface area contributed by atoms with Crippen molar-refractivity contribution >= 4 is 22.6 Å². The maximum atomic E-state index is 12.2. The second-order valence-electron chi connectivity index (χ2n) is 7.04. The SMILES string of the molecule is CC[NH+]1CCC(NC(=O)CNC(=O)Cc2cccc3ccccc23)CC1. The molecule has 3 N–H and O–H groups in total. The highest BCUT2D eigenvalue weighted by molar-refractivity contribution is 5.91. The Morgan fingerprint density at radius 2 is 1.77 bits per heavy atom. The van der Waals surface area contributed by atoms with Gasteiger partial charge in [0.05, 0.1) is 32.6 Å². The zero-order chi connectivity index (χ0) is 18.4. The lowest BCUT2D eigenvalue weighted by atomic mass is 10.0. The molecular formula is C21H28N3O2+. The zero-order valence-electron chi connectivity index (χ0n) is 15.4. The van der Waals surface area contributed by atoms with E-state index in [4.69, 9.17) is 0 Å². The number of hydrogen-bond acceptors (Lipinski definition) is 2. The number of hydrogen-bond donors (Lipinski definition) is 3. The zero-order valence-corrected chi connectivity index (χ0v) is 15.4. The standard InChI is InChI=1S/C21H27N3O2/c1-2-24-12-10-18(11-13-24)23-21(26)15-22-20(25)14-17-8-5-7-16-6-3-4-9-19(16)17/h3-9,18H,2,10-15H2,1H3,(H,22,25)(H,23,26)/p+1. The second kappa shape index (κ2) is 8.81. The van der Waals surface area contributed by atoms with Crippen molar-refractivity contribution in [2.75, 3.05) is 26.2 Å². The third kappa shape index (κ3) is 4.82. The van der Waals surface area contributed by atoms with E-state index in [2.05, 4.69) is 17.6 Å². The maximum Gasteiger partial charge on any atom is 0.239 e.